The van der Waals surface area contributed by atoms with Gasteiger partial charge in [-0.2, -0.15) is 10.4 Å². The molecule has 0 spiro atoms. The predicted octanol–water partition coefficient (Wildman–Crippen LogP) is 2.37. The number of likely N-dealkylation sites (tertiary alicyclic amines) is 1. The monoisotopic (exact) mass is 300 g/mol. The normalized spacial score (nSPS) is 15.9. The maximum atomic E-state index is 12.4. The minimum Gasteiger partial charge on any atom is -0.338 e. The van der Waals surface area contributed by atoms with Crippen molar-refractivity contribution in [3.05, 3.63) is 39.8 Å². The number of nitrogens with zero attached hydrogens (tertiary/aromatic N) is 4. The molecule has 0 aromatic carbocycles. The van der Waals surface area contributed by atoms with Crippen LogP contribution in [0.5, 0.6) is 0 Å². The molecule has 0 radical (unpaired) electrons. The second-order valence-corrected chi connectivity index (χ2v) is 6.37. The van der Waals surface area contributed by atoms with Crippen molar-refractivity contribution in [1.82, 2.24) is 14.7 Å². The number of hydrogen-bond donors (Lipinski definition) is 0. The van der Waals surface area contributed by atoms with Gasteiger partial charge in [0, 0.05) is 26.3 Å². The Balaban J connectivity index is 1.63. The van der Waals surface area contributed by atoms with E-state index in [1.54, 1.807) is 12.1 Å². The fourth-order valence-electron chi connectivity index (χ4n) is 2.74. The van der Waals surface area contributed by atoms with E-state index in [0.29, 0.717) is 15.7 Å². The first-order chi connectivity index (χ1) is 10.2. The third kappa shape index (κ3) is 2.83. The van der Waals surface area contributed by atoms with Crippen molar-refractivity contribution in [2.24, 2.45) is 7.05 Å². The Hall–Kier alpha value is -2.13. The van der Waals surface area contributed by atoms with Crippen LogP contribution in [0.25, 0.3) is 0 Å². The van der Waals surface area contributed by atoms with Crippen LogP contribution in [0.4, 0.5) is 0 Å². The van der Waals surface area contributed by atoms with E-state index in [9.17, 15) is 4.79 Å². The summed E-state index contributed by atoms with van der Waals surface area (Å²) in [5, 5.41) is 13.0. The molecule has 21 heavy (non-hydrogen) atoms. The van der Waals surface area contributed by atoms with Crippen molar-refractivity contribution in [2.45, 2.75) is 18.8 Å². The van der Waals surface area contributed by atoms with Gasteiger partial charge in [-0.1, -0.05) is 0 Å². The highest BCUT2D eigenvalue weighted by atomic mass is 32.1. The summed E-state index contributed by atoms with van der Waals surface area (Å²) in [6.07, 6.45) is 5.91. The van der Waals surface area contributed by atoms with Crippen LogP contribution in [0.2, 0.25) is 0 Å². The predicted molar refractivity (Wildman–Crippen MR) is 80.1 cm³/mol. The molecule has 0 unspecified atom stereocenters. The first-order valence-corrected chi connectivity index (χ1v) is 7.77. The molecule has 5 nitrogen and oxygen atoms in total. The largest absolute Gasteiger partial charge is 0.338 e. The van der Waals surface area contributed by atoms with Crippen molar-refractivity contribution in [3.8, 4) is 6.07 Å². The summed E-state index contributed by atoms with van der Waals surface area (Å²) in [6.45, 7) is 1.52. The van der Waals surface area contributed by atoms with Gasteiger partial charge in [-0.15, -0.1) is 11.3 Å². The Morgan fingerprint density at radius 3 is 2.76 bits per heavy atom. The quantitative estimate of drug-likeness (QED) is 0.855. The van der Waals surface area contributed by atoms with Crippen LogP contribution in [-0.4, -0.2) is 33.7 Å². The molecular weight excluding hydrogens is 284 g/mol. The zero-order valence-corrected chi connectivity index (χ0v) is 12.6. The molecule has 1 aliphatic rings. The van der Waals surface area contributed by atoms with Gasteiger partial charge in [-0.25, -0.2) is 0 Å². The second-order valence-electron chi connectivity index (χ2n) is 5.29. The van der Waals surface area contributed by atoms with Crippen LogP contribution in [0, 0.1) is 11.3 Å². The minimum absolute atomic E-state index is 0.0473. The molecule has 1 aliphatic heterocycles. The molecule has 6 heteroatoms. The summed E-state index contributed by atoms with van der Waals surface area (Å²) in [5.41, 5.74) is 1.26. The number of hydrogen-bond acceptors (Lipinski definition) is 4. The smallest absolute Gasteiger partial charge is 0.263 e. The first-order valence-electron chi connectivity index (χ1n) is 6.95. The molecule has 0 bridgehead atoms. The lowest BCUT2D eigenvalue weighted by atomic mass is 9.91. The van der Waals surface area contributed by atoms with Gasteiger partial charge < -0.3 is 4.90 Å². The fraction of sp³-hybridized carbons (Fsp3) is 0.400. The number of carbonyl (C=O) groups excluding carboxylic acids is 1. The van der Waals surface area contributed by atoms with Crippen molar-refractivity contribution in [2.75, 3.05) is 13.1 Å². The lowest BCUT2D eigenvalue weighted by Gasteiger charge is -2.31. The van der Waals surface area contributed by atoms with Gasteiger partial charge in [-0.05, 0) is 36.5 Å². The van der Waals surface area contributed by atoms with Crippen molar-refractivity contribution in [1.29, 1.82) is 5.26 Å². The highest BCUT2D eigenvalue weighted by Crippen LogP contribution is 2.29. The molecule has 1 saturated heterocycles. The molecule has 2 aromatic heterocycles. The Morgan fingerprint density at radius 2 is 2.19 bits per heavy atom. The third-order valence-corrected chi connectivity index (χ3v) is 4.88. The second kappa shape index (κ2) is 5.70. The number of rotatable bonds is 2. The molecule has 1 fully saturated rings. The van der Waals surface area contributed by atoms with Gasteiger partial charge in [0.05, 0.1) is 11.1 Å². The van der Waals surface area contributed by atoms with E-state index in [0.717, 1.165) is 25.9 Å². The van der Waals surface area contributed by atoms with Gasteiger partial charge >= 0.3 is 0 Å². The van der Waals surface area contributed by atoms with Gasteiger partial charge in [0.25, 0.3) is 5.91 Å². The molecule has 1 amide bonds. The topological polar surface area (TPSA) is 61.9 Å². The van der Waals surface area contributed by atoms with E-state index in [1.807, 2.05) is 22.8 Å². The Morgan fingerprint density at radius 1 is 1.43 bits per heavy atom. The molecular formula is C15H16N4OS. The zero-order chi connectivity index (χ0) is 14.8. The van der Waals surface area contributed by atoms with Crippen LogP contribution in [0.3, 0.4) is 0 Å². The average Bonchev–Trinajstić information content (AvgIpc) is 3.15. The lowest BCUT2D eigenvalue weighted by Crippen LogP contribution is -2.37. The standard InChI is InChI=1S/C15H16N4OS/c1-18-10-12(9-17-18)11-4-6-19(7-5-11)15(20)14-3-2-13(8-16)21-14/h2-3,9-11H,4-7H2,1H3. The summed E-state index contributed by atoms with van der Waals surface area (Å²) in [5.74, 6) is 0.534. The number of thiophene rings is 1. The summed E-state index contributed by atoms with van der Waals surface area (Å²) >= 11 is 1.27. The zero-order valence-electron chi connectivity index (χ0n) is 11.8. The van der Waals surface area contributed by atoms with Gasteiger partial charge in [0.15, 0.2) is 0 Å². The van der Waals surface area contributed by atoms with Crippen molar-refractivity contribution in [3.63, 3.8) is 0 Å². The highest BCUT2D eigenvalue weighted by molar-refractivity contribution is 7.14. The highest BCUT2D eigenvalue weighted by Gasteiger charge is 2.25. The van der Waals surface area contributed by atoms with Crippen LogP contribution in [0.1, 0.15) is 38.9 Å². The van der Waals surface area contributed by atoms with Gasteiger partial charge in [0.2, 0.25) is 0 Å². The Bertz CT molecular complexity index is 689. The SMILES string of the molecule is Cn1cc(C2CCN(C(=O)c3ccc(C#N)s3)CC2)cn1. The summed E-state index contributed by atoms with van der Waals surface area (Å²) in [4.78, 5) is 15.5. The fourth-order valence-corrected chi connectivity index (χ4v) is 3.51. The van der Waals surface area contributed by atoms with Gasteiger partial charge in [0.1, 0.15) is 10.9 Å². The van der Waals surface area contributed by atoms with E-state index < -0.39 is 0 Å². The molecule has 3 heterocycles. The van der Waals surface area contributed by atoms with Crippen LogP contribution in [0.15, 0.2) is 24.5 Å². The number of nitriles is 1. The molecule has 2 aromatic rings. The van der Waals surface area contributed by atoms with Crippen molar-refractivity contribution >= 4 is 17.2 Å². The number of amides is 1. The third-order valence-electron chi connectivity index (χ3n) is 3.91. The van der Waals surface area contributed by atoms with E-state index >= 15 is 0 Å². The van der Waals surface area contributed by atoms with E-state index in [1.165, 1.54) is 16.9 Å². The number of aryl methyl sites for hydroxylation is 1. The van der Waals surface area contributed by atoms with Gasteiger partial charge in [-0.3, -0.25) is 9.48 Å². The average molecular weight is 300 g/mol. The molecule has 3 rings (SSSR count). The Labute approximate surface area is 127 Å². The minimum atomic E-state index is 0.0473. The van der Waals surface area contributed by atoms with E-state index in [-0.39, 0.29) is 5.91 Å². The first kappa shape index (κ1) is 13.8. The molecule has 0 aliphatic carbocycles. The summed E-state index contributed by atoms with van der Waals surface area (Å²) in [7, 11) is 1.92. The van der Waals surface area contributed by atoms with E-state index in [2.05, 4.69) is 17.4 Å². The summed E-state index contributed by atoms with van der Waals surface area (Å²) in [6, 6.07) is 5.53. The summed E-state index contributed by atoms with van der Waals surface area (Å²) < 4.78 is 1.82. The number of piperidine rings is 1. The Kier molecular flexibility index (Phi) is 3.76. The van der Waals surface area contributed by atoms with E-state index in [4.69, 9.17) is 5.26 Å². The maximum absolute atomic E-state index is 12.4. The number of aromatic nitrogens is 2. The molecule has 0 saturated carbocycles. The molecule has 108 valence electrons. The van der Waals surface area contributed by atoms with Crippen LogP contribution in [-0.2, 0) is 7.05 Å². The maximum Gasteiger partial charge on any atom is 0.263 e. The number of carbonyl (C=O) groups is 1. The van der Waals surface area contributed by atoms with Crippen LogP contribution < -0.4 is 0 Å². The van der Waals surface area contributed by atoms with Crippen LogP contribution >= 0.6 is 11.3 Å². The van der Waals surface area contributed by atoms with Crippen molar-refractivity contribution < 1.29 is 4.79 Å². The lowest BCUT2D eigenvalue weighted by molar-refractivity contribution is 0.0718. The molecule has 0 N–H and O–H groups in total. The molecule has 0 atom stereocenters.